The molecule has 0 saturated heterocycles. The molecule has 0 atom stereocenters. The number of amides is 1. The van der Waals surface area contributed by atoms with Gasteiger partial charge in [-0.15, -0.1) is 0 Å². The Morgan fingerprint density at radius 2 is 1.58 bits per heavy atom. The molecule has 0 heterocycles. The Labute approximate surface area is 194 Å². The summed E-state index contributed by atoms with van der Waals surface area (Å²) in [7, 11) is 0. The van der Waals surface area contributed by atoms with Gasteiger partial charge in [-0.25, -0.2) is 4.79 Å². The van der Waals surface area contributed by atoms with Crippen molar-refractivity contribution in [2.24, 2.45) is 0 Å². The second-order valence-corrected chi connectivity index (χ2v) is 7.94. The average Bonchev–Trinajstić information content (AvgIpc) is 2.82. The van der Waals surface area contributed by atoms with Gasteiger partial charge in [0.05, 0.1) is 12.2 Å². The Bertz CT molecular complexity index is 1050. The molecule has 6 heteroatoms. The number of anilines is 2. The average molecular weight is 447 g/mol. The van der Waals surface area contributed by atoms with Crippen LogP contribution in [0, 0.1) is 0 Å². The molecular weight excluding hydrogens is 416 g/mol. The molecule has 0 radical (unpaired) electrons. The van der Waals surface area contributed by atoms with Crippen LogP contribution in [0.1, 0.15) is 47.2 Å². The molecule has 6 nitrogen and oxygen atoms in total. The lowest BCUT2D eigenvalue weighted by molar-refractivity contribution is -0.116. The van der Waals surface area contributed by atoms with Gasteiger partial charge in [-0.1, -0.05) is 42.5 Å². The topological polar surface area (TPSA) is 102 Å². The van der Waals surface area contributed by atoms with Crippen LogP contribution in [-0.2, 0) is 17.6 Å². The third-order valence-corrected chi connectivity index (χ3v) is 5.35. The predicted octanol–water partition coefficient (Wildman–Crippen LogP) is 5.33. The molecule has 0 saturated carbocycles. The van der Waals surface area contributed by atoms with Crippen LogP contribution >= 0.6 is 0 Å². The summed E-state index contributed by atoms with van der Waals surface area (Å²) in [5, 5.41) is 11.8. The predicted molar refractivity (Wildman–Crippen MR) is 131 cm³/mol. The van der Waals surface area contributed by atoms with E-state index in [9.17, 15) is 9.59 Å². The number of hydrogen-bond acceptors (Lipinski definition) is 4. The number of nitrogen functional groups attached to an aromatic ring is 1. The molecule has 0 aliphatic heterocycles. The third-order valence-electron chi connectivity index (χ3n) is 5.35. The fraction of sp³-hybridized carbons (Fsp3) is 0.259. The van der Waals surface area contributed by atoms with Gasteiger partial charge in [0.15, 0.2) is 0 Å². The summed E-state index contributed by atoms with van der Waals surface area (Å²) in [5.41, 5.74) is 8.60. The minimum absolute atomic E-state index is 0.0282. The summed E-state index contributed by atoms with van der Waals surface area (Å²) in [6, 6.07) is 22.7. The zero-order valence-electron chi connectivity index (χ0n) is 18.6. The number of carboxylic acids is 1. The number of aromatic carboxylic acids is 1. The number of rotatable bonds is 12. The largest absolute Gasteiger partial charge is 0.494 e. The van der Waals surface area contributed by atoms with Crippen LogP contribution in [0.5, 0.6) is 5.75 Å². The van der Waals surface area contributed by atoms with E-state index in [1.807, 2.05) is 30.3 Å². The molecule has 3 aromatic carbocycles. The maximum Gasteiger partial charge on any atom is 0.337 e. The first-order valence-electron chi connectivity index (χ1n) is 11.2. The highest BCUT2D eigenvalue weighted by molar-refractivity contribution is 5.97. The van der Waals surface area contributed by atoms with E-state index in [0.717, 1.165) is 37.0 Å². The lowest BCUT2D eigenvalue weighted by Crippen LogP contribution is -2.13. The monoisotopic (exact) mass is 446 g/mol. The minimum atomic E-state index is -1.13. The highest BCUT2D eigenvalue weighted by Gasteiger charge is 2.10. The van der Waals surface area contributed by atoms with E-state index in [0.29, 0.717) is 18.7 Å². The molecule has 0 spiro atoms. The standard InChI is InChI=1S/C27H30N2O4/c28-25-16-13-22(19-24(25)27(31)32)29-26(30)17-12-21-10-14-23(15-11-21)33-18-6-2-5-9-20-7-3-1-4-8-20/h1,3-4,7-8,10-11,13-16,19H,2,5-6,9,12,17-18,28H2,(H,29,30)(H,31,32). The lowest BCUT2D eigenvalue weighted by Gasteiger charge is -2.09. The number of nitrogens with two attached hydrogens (primary N) is 1. The number of carboxylic acid groups (broad SMARTS) is 1. The van der Waals surface area contributed by atoms with E-state index >= 15 is 0 Å². The molecule has 3 aromatic rings. The first-order valence-corrected chi connectivity index (χ1v) is 11.2. The van der Waals surface area contributed by atoms with E-state index < -0.39 is 5.97 Å². The Morgan fingerprint density at radius 1 is 0.848 bits per heavy atom. The van der Waals surface area contributed by atoms with Crippen molar-refractivity contribution in [3.05, 3.63) is 89.5 Å². The van der Waals surface area contributed by atoms with Crippen molar-refractivity contribution in [1.29, 1.82) is 0 Å². The molecule has 0 fully saturated rings. The quantitative estimate of drug-likeness (QED) is 0.258. The zero-order valence-corrected chi connectivity index (χ0v) is 18.6. The molecule has 3 rings (SSSR count). The van der Waals surface area contributed by atoms with E-state index in [4.69, 9.17) is 15.6 Å². The molecule has 0 unspecified atom stereocenters. The normalized spacial score (nSPS) is 10.5. The van der Waals surface area contributed by atoms with Crippen LogP contribution in [0.3, 0.4) is 0 Å². The Morgan fingerprint density at radius 3 is 2.30 bits per heavy atom. The maximum absolute atomic E-state index is 12.2. The first kappa shape index (κ1) is 23.9. The second-order valence-electron chi connectivity index (χ2n) is 7.94. The van der Waals surface area contributed by atoms with Crippen LogP contribution < -0.4 is 15.8 Å². The van der Waals surface area contributed by atoms with E-state index in [-0.39, 0.29) is 23.6 Å². The van der Waals surface area contributed by atoms with Crippen molar-refractivity contribution in [2.75, 3.05) is 17.7 Å². The van der Waals surface area contributed by atoms with Crippen molar-refractivity contribution >= 4 is 23.3 Å². The van der Waals surface area contributed by atoms with Crippen molar-refractivity contribution in [3.8, 4) is 5.75 Å². The fourth-order valence-corrected chi connectivity index (χ4v) is 3.50. The van der Waals surface area contributed by atoms with Gasteiger partial charge in [0.1, 0.15) is 5.75 Å². The Kier molecular flexibility index (Phi) is 8.88. The van der Waals surface area contributed by atoms with Gasteiger partial charge in [0, 0.05) is 17.8 Å². The van der Waals surface area contributed by atoms with Gasteiger partial charge in [-0.2, -0.15) is 0 Å². The van der Waals surface area contributed by atoms with Gasteiger partial charge >= 0.3 is 5.97 Å². The fourth-order valence-electron chi connectivity index (χ4n) is 3.50. The van der Waals surface area contributed by atoms with Gasteiger partial charge in [-0.3, -0.25) is 4.79 Å². The molecule has 4 N–H and O–H groups in total. The van der Waals surface area contributed by atoms with Crippen molar-refractivity contribution < 1.29 is 19.4 Å². The smallest absolute Gasteiger partial charge is 0.337 e. The molecule has 0 aliphatic carbocycles. The summed E-state index contributed by atoms with van der Waals surface area (Å²) in [6.07, 6.45) is 5.26. The first-order chi connectivity index (χ1) is 16.0. The molecule has 0 aliphatic rings. The van der Waals surface area contributed by atoms with Crippen molar-refractivity contribution in [1.82, 2.24) is 0 Å². The zero-order chi connectivity index (χ0) is 23.5. The maximum atomic E-state index is 12.2. The summed E-state index contributed by atoms with van der Waals surface area (Å²) < 4.78 is 5.82. The van der Waals surface area contributed by atoms with Crippen molar-refractivity contribution in [3.63, 3.8) is 0 Å². The van der Waals surface area contributed by atoms with Crippen LogP contribution in [0.25, 0.3) is 0 Å². The highest BCUT2D eigenvalue weighted by atomic mass is 16.5. The van der Waals surface area contributed by atoms with Crippen molar-refractivity contribution in [2.45, 2.75) is 38.5 Å². The number of nitrogens with one attached hydrogen (secondary N) is 1. The number of carbonyl (C=O) groups is 2. The molecule has 172 valence electrons. The van der Waals surface area contributed by atoms with E-state index in [2.05, 4.69) is 29.6 Å². The summed E-state index contributed by atoms with van der Waals surface area (Å²) in [6.45, 7) is 0.691. The summed E-state index contributed by atoms with van der Waals surface area (Å²) in [4.78, 5) is 23.4. The lowest BCUT2D eigenvalue weighted by atomic mass is 10.1. The molecule has 0 bridgehead atoms. The summed E-state index contributed by atoms with van der Waals surface area (Å²) >= 11 is 0. The second kappa shape index (κ2) is 12.3. The third kappa shape index (κ3) is 8.00. The van der Waals surface area contributed by atoms with Crippen LogP contribution in [0.2, 0.25) is 0 Å². The number of unbranched alkanes of at least 4 members (excludes halogenated alkanes) is 2. The molecular formula is C27H30N2O4. The van der Waals surface area contributed by atoms with E-state index in [1.165, 1.54) is 17.7 Å². The summed E-state index contributed by atoms with van der Waals surface area (Å²) in [5.74, 6) is -0.487. The Balaban J connectivity index is 1.34. The van der Waals surface area contributed by atoms with Gasteiger partial charge in [-0.05, 0) is 73.6 Å². The number of ether oxygens (including phenoxy) is 1. The SMILES string of the molecule is Nc1ccc(NC(=O)CCc2ccc(OCCCCCc3ccccc3)cc2)cc1C(=O)O. The van der Waals surface area contributed by atoms with Crippen LogP contribution in [0.15, 0.2) is 72.8 Å². The van der Waals surface area contributed by atoms with Gasteiger partial charge in [0.25, 0.3) is 0 Å². The minimum Gasteiger partial charge on any atom is -0.494 e. The number of aryl methyl sites for hydroxylation is 2. The number of carbonyl (C=O) groups excluding carboxylic acids is 1. The number of benzene rings is 3. The van der Waals surface area contributed by atoms with Gasteiger partial charge in [0.2, 0.25) is 5.91 Å². The van der Waals surface area contributed by atoms with Gasteiger partial charge < -0.3 is 20.9 Å². The molecule has 1 amide bonds. The molecule has 0 aromatic heterocycles. The van der Waals surface area contributed by atoms with E-state index in [1.54, 1.807) is 6.07 Å². The number of hydrogen-bond donors (Lipinski definition) is 3. The van der Waals surface area contributed by atoms with Crippen LogP contribution in [0.4, 0.5) is 11.4 Å². The highest BCUT2D eigenvalue weighted by Crippen LogP contribution is 2.19. The molecule has 33 heavy (non-hydrogen) atoms. The van der Waals surface area contributed by atoms with Crippen LogP contribution in [-0.4, -0.2) is 23.6 Å². The Hall–Kier alpha value is -3.80.